The van der Waals surface area contributed by atoms with Crippen LogP contribution in [0.3, 0.4) is 0 Å². The van der Waals surface area contributed by atoms with Gasteiger partial charge in [-0.05, 0) is 38.9 Å². The molecule has 1 aliphatic carbocycles. The largest absolute Gasteiger partial charge is 0.353 e. The van der Waals surface area contributed by atoms with E-state index in [0.717, 1.165) is 30.6 Å². The van der Waals surface area contributed by atoms with Crippen molar-refractivity contribution in [3.63, 3.8) is 0 Å². The van der Waals surface area contributed by atoms with Gasteiger partial charge in [-0.15, -0.1) is 0 Å². The van der Waals surface area contributed by atoms with Gasteiger partial charge in [0.05, 0.1) is 0 Å². The lowest BCUT2D eigenvalue weighted by Gasteiger charge is -2.35. The maximum Gasteiger partial charge on any atom is 0.327 e. The van der Waals surface area contributed by atoms with Crippen LogP contribution in [0.15, 0.2) is 30.3 Å². The number of imide groups is 1. The van der Waals surface area contributed by atoms with Gasteiger partial charge in [-0.1, -0.05) is 49.6 Å². The first kappa shape index (κ1) is 21.3. The molecule has 1 heterocycles. The molecular formula is C22H32N4O3. The Morgan fingerprint density at radius 1 is 1.14 bits per heavy atom. The normalized spacial score (nSPS) is 19.9. The molecule has 3 rings (SSSR count). The number of nitrogens with one attached hydrogen (secondary N) is 1. The molecule has 1 spiro atoms. The van der Waals surface area contributed by atoms with E-state index in [9.17, 15) is 14.4 Å². The van der Waals surface area contributed by atoms with E-state index in [4.69, 9.17) is 0 Å². The molecule has 7 nitrogen and oxygen atoms in total. The van der Waals surface area contributed by atoms with Crippen LogP contribution in [-0.2, 0) is 16.0 Å². The molecule has 0 radical (unpaired) electrons. The lowest BCUT2D eigenvalue weighted by Crippen LogP contribution is -2.50. The zero-order valence-corrected chi connectivity index (χ0v) is 17.7. The Bertz CT molecular complexity index is 744. The molecule has 29 heavy (non-hydrogen) atoms. The van der Waals surface area contributed by atoms with Gasteiger partial charge in [-0.3, -0.25) is 14.5 Å². The Balaban J connectivity index is 1.58. The average molecular weight is 401 g/mol. The number of urea groups is 1. The van der Waals surface area contributed by atoms with E-state index < -0.39 is 5.54 Å². The monoisotopic (exact) mass is 400 g/mol. The Kier molecular flexibility index (Phi) is 6.57. The summed E-state index contributed by atoms with van der Waals surface area (Å²) in [4.78, 5) is 43.0. The third-order valence-electron chi connectivity index (χ3n) is 6.36. The van der Waals surface area contributed by atoms with Crippen molar-refractivity contribution in [3.8, 4) is 0 Å². The summed E-state index contributed by atoms with van der Waals surface area (Å²) < 4.78 is 0. The third-order valence-corrected chi connectivity index (χ3v) is 6.36. The number of carbonyl (C=O) groups excluding carboxylic acids is 3. The van der Waals surface area contributed by atoms with Gasteiger partial charge in [0.25, 0.3) is 5.91 Å². The quantitative estimate of drug-likeness (QED) is 0.710. The Labute approximate surface area is 173 Å². The van der Waals surface area contributed by atoms with Gasteiger partial charge in [0, 0.05) is 19.6 Å². The van der Waals surface area contributed by atoms with Gasteiger partial charge in [0.15, 0.2) is 0 Å². The maximum absolute atomic E-state index is 13.0. The Hall–Kier alpha value is -2.41. The molecule has 1 aromatic carbocycles. The topological polar surface area (TPSA) is 73.0 Å². The lowest BCUT2D eigenvalue weighted by atomic mass is 9.81. The molecule has 1 saturated carbocycles. The molecule has 1 unspecified atom stereocenters. The number of benzene rings is 1. The van der Waals surface area contributed by atoms with Crippen LogP contribution in [0.5, 0.6) is 0 Å². The van der Waals surface area contributed by atoms with Crippen LogP contribution >= 0.6 is 0 Å². The van der Waals surface area contributed by atoms with Crippen molar-refractivity contribution in [2.75, 3.05) is 34.2 Å². The predicted molar refractivity (Wildman–Crippen MR) is 111 cm³/mol. The lowest BCUT2D eigenvalue weighted by molar-refractivity contribution is -0.137. The second-order valence-electron chi connectivity index (χ2n) is 8.44. The molecule has 1 N–H and O–H groups in total. The van der Waals surface area contributed by atoms with Crippen LogP contribution in [0, 0.1) is 0 Å². The van der Waals surface area contributed by atoms with Gasteiger partial charge in [0.1, 0.15) is 12.1 Å². The first-order chi connectivity index (χ1) is 13.8. The number of amides is 4. The van der Waals surface area contributed by atoms with Gasteiger partial charge in [0.2, 0.25) is 5.91 Å². The fraction of sp³-hybridized carbons (Fsp3) is 0.591. The highest BCUT2D eigenvalue weighted by Crippen LogP contribution is 2.39. The highest BCUT2D eigenvalue weighted by Gasteiger charge is 2.55. The van der Waals surface area contributed by atoms with Crippen molar-refractivity contribution in [2.45, 2.75) is 50.1 Å². The highest BCUT2D eigenvalue weighted by atomic mass is 16.2. The van der Waals surface area contributed by atoms with E-state index in [0.29, 0.717) is 19.4 Å². The fourth-order valence-electron chi connectivity index (χ4n) is 4.43. The number of nitrogens with zero attached hydrogens (tertiary/aromatic N) is 3. The molecular weight excluding hydrogens is 368 g/mol. The number of hydrogen-bond donors (Lipinski definition) is 1. The van der Waals surface area contributed by atoms with E-state index in [-0.39, 0.29) is 30.4 Å². The van der Waals surface area contributed by atoms with E-state index >= 15 is 0 Å². The van der Waals surface area contributed by atoms with E-state index in [1.807, 2.05) is 32.3 Å². The second-order valence-corrected chi connectivity index (χ2v) is 8.44. The molecule has 2 fully saturated rings. The van der Waals surface area contributed by atoms with Crippen molar-refractivity contribution in [1.29, 1.82) is 0 Å². The van der Waals surface area contributed by atoms with Crippen molar-refractivity contribution >= 4 is 17.8 Å². The first-order valence-electron chi connectivity index (χ1n) is 10.4. The van der Waals surface area contributed by atoms with Gasteiger partial charge in [-0.2, -0.15) is 0 Å². The SMILES string of the molecule is CN(C)C(CNC(=O)CN1C(=O)N(C)C2(CCCCC2)C1=O)Cc1ccccc1. The van der Waals surface area contributed by atoms with E-state index in [1.54, 1.807) is 11.9 Å². The van der Waals surface area contributed by atoms with E-state index in [2.05, 4.69) is 22.3 Å². The second kappa shape index (κ2) is 8.95. The Morgan fingerprint density at radius 3 is 2.41 bits per heavy atom. The molecule has 0 bridgehead atoms. The molecule has 7 heteroatoms. The molecule has 1 aliphatic heterocycles. The minimum Gasteiger partial charge on any atom is -0.353 e. The molecule has 1 atom stereocenters. The summed E-state index contributed by atoms with van der Waals surface area (Å²) in [6.07, 6.45) is 5.14. The molecule has 1 saturated heterocycles. The number of rotatable bonds is 7. The predicted octanol–water partition coefficient (Wildman–Crippen LogP) is 1.87. The highest BCUT2D eigenvalue weighted by molar-refractivity contribution is 6.08. The van der Waals surface area contributed by atoms with Crippen molar-refractivity contribution in [1.82, 2.24) is 20.0 Å². The fourth-order valence-corrected chi connectivity index (χ4v) is 4.43. The zero-order valence-electron chi connectivity index (χ0n) is 17.7. The van der Waals surface area contributed by atoms with Crippen molar-refractivity contribution < 1.29 is 14.4 Å². The van der Waals surface area contributed by atoms with Crippen LogP contribution in [0.25, 0.3) is 0 Å². The minimum atomic E-state index is -0.741. The number of likely N-dealkylation sites (N-methyl/N-ethyl adjacent to an activating group) is 2. The molecule has 158 valence electrons. The summed E-state index contributed by atoms with van der Waals surface area (Å²) >= 11 is 0. The van der Waals surface area contributed by atoms with E-state index in [1.165, 1.54) is 5.56 Å². The smallest absolute Gasteiger partial charge is 0.327 e. The van der Waals surface area contributed by atoms with Crippen LogP contribution in [-0.4, -0.2) is 78.4 Å². The third kappa shape index (κ3) is 4.45. The van der Waals surface area contributed by atoms with Gasteiger partial charge < -0.3 is 15.1 Å². The summed E-state index contributed by atoms with van der Waals surface area (Å²) in [7, 11) is 5.65. The van der Waals surface area contributed by atoms with Crippen LogP contribution in [0.4, 0.5) is 4.79 Å². The van der Waals surface area contributed by atoms with Crippen LogP contribution < -0.4 is 5.32 Å². The molecule has 0 aromatic heterocycles. The summed E-state index contributed by atoms with van der Waals surface area (Å²) in [5.41, 5.74) is 0.459. The summed E-state index contributed by atoms with van der Waals surface area (Å²) in [6, 6.07) is 9.89. The molecule has 4 amide bonds. The summed E-state index contributed by atoms with van der Waals surface area (Å²) in [6.45, 7) is 0.243. The van der Waals surface area contributed by atoms with Gasteiger partial charge >= 0.3 is 6.03 Å². The summed E-state index contributed by atoms with van der Waals surface area (Å²) in [5, 5.41) is 2.91. The van der Waals surface area contributed by atoms with Gasteiger partial charge in [-0.25, -0.2) is 4.79 Å². The van der Waals surface area contributed by atoms with Crippen molar-refractivity contribution in [2.24, 2.45) is 0 Å². The first-order valence-corrected chi connectivity index (χ1v) is 10.4. The average Bonchev–Trinajstić information content (AvgIpc) is 2.88. The summed E-state index contributed by atoms with van der Waals surface area (Å²) in [5.74, 6) is -0.513. The Morgan fingerprint density at radius 2 is 1.79 bits per heavy atom. The number of carbonyl (C=O) groups is 3. The minimum absolute atomic E-state index is 0.124. The standard InChI is InChI=1S/C22H32N4O3/c1-24(2)18(14-17-10-6-4-7-11-17)15-23-19(27)16-26-20(28)22(25(3)21(26)29)12-8-5-9-13-22/h4,6-7,10-11,18H,5,8-9,12-16H2,1-3H3,(H,23,27). The maximum atomic E-state index is 13.0. The van der Waals surface area contributed by atoms with Crippen LogP contribution in [0.2, 0.25) is 0 Å². The molecule has 2 aliphatic rings. The van der Waals surface area contributed by atoms with Crippen molar-refractivity contribution in [3.05, 3.63) is 35.9 Å². The zero-order chi connectivity index (χ0) is 21.0. The number of hydrogen-bond acceptors (Lipinski definition) is 4. The van der Waals surface area contributed by atoms with Crippen LogP contribution in [0.1, 0.15) is 37.7 Å². The molecule has 1 aromatic rings.